The van der Waals surface area contributed by atoms with Crippen LogP contribution in [0.3, 0.4) is 0 Å². The number of carbonyl (C=O) groups excluding carboxylic acids is 2. The molecule has 0 radical (unpaired) electrons. The Morgan fingerprint density at radius 1 is 1.12 bits per heavy atom. The summed E-state index contributed by atoms with van der Waals surface area (Å²) >= 11 is 5.86. The highest BCUT2D eigenvalue weighted by molar-refractivity contribution is 7.89. The lowest BCUT2D eigenvalue weighted by molar-refractivity contribution is -0.157. The van der Waals surface area contributed by atoms with Crippen molar-refractivity contribution in [2.45, 2.75) is 44.2 Å². The van der Waals surface area contributed by atoms with Gasteiger partial charge in [0.15, 0.2) is 6.61 Å². The maximum atomic E-state index is 12.9. The van der Waals surface area contributed by atoms with Gasteiger partial charge in [-0.1, -0.05) is 41.9 Å². The largest absolute Gasteiger partial charge is 0.455 e. The van der Waals surface area contributed by atoms with E-state index in [9.17, 15) is 18.0 Å². The van der Waals surface area contributed by atoms with E-state index in [4.69, 9.17) is 16.3 Å². The highest BCUT2D eigenvalue weighted by atomic mass is 35.5. The van der Waals surface area contributed by atoms with Crippen LogP contribution in [0.25, 0.3) is 0 Å². The molecule has 9 heteroatoms. The van der Waals surface area contributed by atoms with E-state index in [-0.39, 0.29) is 30.0 Å². The Hall–Kier alpha value is -2.42. The molecule has 0 aromatic heterocycles. The summed E-state index contributed by atoms with van der Waals surface area (Å²) in [5, 5.41) is 0.446. The van der Waals surface area contributed by atoms with Crippen molar-refractivity contribution in [1.29, 1.82) is 0 Å². The van der Waals surface area contributed by atoms with Crippen LogP contribution in [0.1, 0.15) is 32.3 Å². The molecular weight excluding hydrogens is 464 g/mol. The minimum atomic E-state index is -3.74. The van der Waals surface area contributed by atoms with Crippen LogP contribution in [0.2, 0.25) is 5.02 Å². The van der Waals surface area contributed by atoms with Crippen LogP contribution in [-0.4, -0.2) is 55.2 Å². The Kier molecular flexibility index (Phi) is 8.51. The molecule has 0 saturated carbocycles. The topological polar surface area (TPSA) is 84.0 Å². The summed E-state index contributed by atoms with van der Waals surface area (Å²) in [5.41, 5.74) is 0.987. The molecule has 2 aromatic carbocycles. The molecule has 2 aromatic rings. The van der Waals surface area contributed by atoms with Crippen molar-refractivity contribution in [1.82, 2.24) is 9.21 Å². The average Bonchev–Trinajstić information content (AvgIpc) is 2.81. The van der Waals surface area contributed by atoms with Gasteiger partial charge in [0.1, 0.15) is 0 Å². The molecule has 1 saturated heterocycles. The second kappa shape index (κ2) is 11.1. The first-order chi connectivity index (χ1) is 15.7. The van der Waals surface area contributed by atoms with Crippen LogP contribution >= 0.6 is 11.6 Å². The fourth-order valence-corrected chi connectivity index (χ4v) is 5.43. The fourth-order valence-electron chi connectivity index (χ4n) is 3.78. The molecule has 1 fully saturated rings. The molecule has 1 atom stereocenters. The highest BCUT2D eigenvalue weighted by Crippen LogP contribution is 2.25. The molecule has 1 amide bonds. The number of hydrogen-bond acceptors (Lipinski definition) is 5. The van der Waals surface area contributed by atoms with Gasteiger partial charge < -0.3 is 9.64 Å². The first kappa shape index (κ1) is 25.2. The van der Waals surface area contributed by atoms with Crippen LogP contribution < -0.4 is 0 Å². The predicted molar refractivity (Wildman–Crippen MR) is 126 cm³/mol. The van der Waals surface area contributed by atoms with Crippen molar-refractivity contribution in [2.24, 2.45) is 5.92 Å². The van der Waals surface area contributed by atoms with Gasteiger partial charge in [0.25, 0.3) is 5.91 Å². The number of benzene rings is 2. The van der Waals surface area contributed by atoms with Gasteiger partial charge in [-0.15, -0.1) is 0 Å². The van der Waals surface area contributed by atoms with E-state index in [1.165, 1.54) is 28.6 Å². The molecular formula is C24H29ClN2O5S. The van der Waals surface area contributed by atoms with Crippen molar-refractivity contribution >= 4 is 33.5 Å². The highest BCUT2D eigenvalue weighted by Gasteiger charge is 2.34. The van der Waals surface area contributed by atoms with Crippen molar-refractivity contribution in [3.63, 3.8) is 0 Å². The van der Waals surface area contributed by atoms with Crippen LogP contribution in [0, 0.1) is 5.92 Å². The van der Waals surface area contributed by atoms with Crippen molar-refractivity contribution in [3.05, 3.63) is 65.2 Å². The molecule has 1 aliphatic rings. The zero-order valence-electron chi connectivity index (χ0n) is 18.8. The van der Waals surface area contributed by atoms with Gasteiger partial charge in [0.05, 0.1) is 10.8 Å². The Bertz CT molecular complexity index is 1060. The van der Waals surface area contributed by atoms with Crippen LogP contribution in [0.4, 0.5) is 0 Å². The Morgan fingerprint density at radius 3 is 2.42 bits per heavy atom. The van der Waals surface area contributed by atoms with Gasteiger partial charge in [-0.3, -0.25) is 9.59 Å². The lowest BCUT2D eigenvalue weighted by Gasteiger charge is -2.31. The minimum absolute atomic E-state index is 0.0237. The van der Waals surface area contributed by atoms with Crippen LogP contribution in [0.5, 0.6) is 0 Å². The first-order valence-electron chi connectivity index (χ1n) is 10.9. The maximum Gasteiger partial charge on any atom is 0.310 e. The zero-order valence-corrected chi connectivity index (χ0v) is 20.4. The molecule has 7 nitrogen and oxygen atoms in total. The number of nitrogens with zero attached hydrogens (tertiary/aromatic N) is 2. The smallest absolute Gasteiger partial charge is 0.310 e. The molecule has 1 unspecified atom stereocenters. The normalized spacial score (nSPS) is 17.0. The summed E-state index contributed by atoms with van der Waals surface area (Å²) in [4.78, 5) is 27.2. The van der Waals surface area contributed by atoms with E-state index >= 15 is 0 Å². The lowest BCUT2D eigenvalue weighted by Crippen LogP contribution is -2.44. The molecule has 0 aliphatic carbocycles. The van der Waals surface area contributed by atoms with Crippen molar-refractivity contribution in [3.8, 4) is 0 Å². The summed E-state index contributed by atoms with van der Waals surface area (Å²) in [6.07, 6.45) is 1.05. The predicted octanol–water partition coefficient (Wildman–Crippen LogP) is 3.72. The summed E-state index contributed by atoms with van der Waals surface area (Å²) in [5.74, 6) is -1.46. The number of piperidine rings is 1. The SMILES string of the molecule is CC(C)N(Cc1ccccc1)C(=O)COC(=O)C1CCCN(S(=O)(=O)c2ccc(Cl)cc2)C1. The third-order valence-corrected chi connectivity index (χ3v) is 7.78. The molecule has 0 N–H and O–H groups in total. The Balaban J connectivity index is 1.59. The van der Waals surface area contributed by atoms with Crippen molar-refractivity contribution in [2.75, 3.05) is 19.7 Å². The third-order valence-electron chi connectivity index (χ3n) is 5.65. The first-order valence-corrected chi connectivity index (χ1v) is 12.8. The van der Waals surface area contributed by atoms with Gasteiger partial charge in [0.2, 0.25) is 10.0 Å². The summed E-state index contributed by atoms with van der Waals surface area (Å²) in [7, 11) is -3.74. The van der Waals surface area contributed by atoms with Crippen LogP contribution in [-0.2, 0) is 30.9 Å². The van der Waals surface area contributed by atoms with Gasteiger partial charge in [-0.05, 0) is 56.5 Å². The van der Waals surface area contributed by atoms with Gasteiger partial charge in [-0.25, -0.2) is 8.42 Å². The third kappa shape index (κ3) is 6.56. The van der Waals surface area contributed by atoms with Gasteiger partial charge in [-0.2, -0.15) is 4.31 Å². The van der Waals surface area contributed by atoms with E-state index in [1.54, 1.807) is 4.90 Å². The summed E-state index contributed by atoms with van der Waals surface area (Å²) in [6.45, 7) is 4.21. The zero-order chi connectivity index (χ0) is 24.0. The lowest BCUT2D eigenvalue weighted by atomic mass is 10.00. The number of ether oxygens (including phenoxy) is 1. The monoisotopic (exact) mass is 492 g/mol. The number of rotatable bonds is 8. The molecule has 3 rings (SSSR count). The molecule has 0 bridgehead atoms. The number of esters is 1. The summed E-state index contributed by atoms with van der Waals surface area (Å²) < 4.78 is 32.5. The van der Waals surface area contributed by atoms with E-state index in [2.05, 4.69) is 0 Å². The maximum absolute atomic E-state index is 12.9. The van der Waals surface area contributed by atoms with Gasteiger partial charge >= 0.3 is 5.97 Å². The van der Waals surface area contributed by atoms with Gasteiger partial charge in [0, 0.05) is 30.7 Å². The number of sulfonamides is 1. The van der Waals surface area contributed by atoms with E-state index in [0.29, 0.717) is 31.0 Å². The number of amides is 1. The number of carbonyl (C=O) groups is 2. The van der Waals surface area contributed by atoms with Crippen molar-refractivity contribution < 1.29 is 22.7 Å². The molecule has 33 heavy (non-hydrogen) atoms. The second-order valence-electron chi connectivity index (χ2n) is 8.36. The minimum Gasteiger partial charge on any atom is -0.455 e. The van der Waals surface area contributed by atoms with Crippen LogP contribution in [0.15, 0.2) is 59.5 Å². The van der Waals surface area contributed by atoms with E-state index in [1.807, 2.05) is 44.2 Å². The summed E-state index contributed by atoms with van der Waals surface area (Å²) in [6, 6.07) is 15.5. The van der Waals surface area contributed by atoms with E-state index < -0.39 is 21.9 Å². The molecule has 1 heterocycles. The molecule has 0 spiro atoms. The average molecular weight is 493 g/mol. The Morgan fingerprint density at radius 2 is 1.79 bits per heavy atom. The Labute approximate surface area is 200 Å². The molecule has 1 aliphatic heterocycles. The fraction of sp³-hybridized carbons (Fsp3) is 0.417. The standard InChI is InChI=1S/C24H29ClN2O5S/c1-18(2)27(15-19-7-4-3-5-8-19)23(28)17-32-24(29)20-9-6-14-26(16-20)33(30,31)22-12-10-21(25)11-13-22/h3-5,7-8,10-13,18,20H,6,9,14-17H2,1-2H3. The molecule has 178 valence electrons. The number of halogens is 1. The quantitative estimate of drug-likeness (QED) is 0.524. The number of hydrogen-bond donors (Lipinski definition) is 0. The van der Waals surface area contributed by atoms with E-state index in [0.717, 1.165) is 5.56 Å². The second-order valence-corrected chi connectivity index (χ2v) is 10.7.